The Morgan fingerprint density at radius 2 is 1.90 bits per heavy atom. The van der Waals surface area contributed by atoms with Gasteiger partial charge >= 0.3 is 6.03 Å². The van der Waals surface area contributed by atoms with E-state index in [2.05, 4.69) is 15.2 Å². The van der Waals surface area contributed by atoms with Crippen LogP contribution >= 0.6 is 11.6 Å². The number of piperidine rings is 1. The fourth-order valence-electron chi connectivity index (χ4n) is 5.76. The Morgan fingerprint density at radius 1 is 1.10 bits per heavy atom. The van der Waals surface area contributed by atoms with Crippen molar-refractivity contribution in [3.63, 3.8) is 0 Å². The van der Waals surface area contributed by atoms with E-state index in [1.165, 1.54) is 6.07 Å². The second kappa shape index (κ2) is 11.9. The number of nitrogens with one attached hydrogen (secondary N) is 2. The van der Waals surface area contributed by atoms with Crippen LogP contribution in [0.15, 0.2) is 36.4 Å². The van der Waals surface area contributed by atoms with Gasteiger partial charge in [0.15, 0.2) is 11.6 Å². The number of rotatable bonds is 7. The molecule has 1 aromatic heterocycles. The van der Waals surface area contributed by atoms with E-state index < -0.39 is 17.7 Å². The summed E-state index contributed by atoms with van der Waals surface area (Å²) < 4.78 is 35.8. The summed E-state index contributed by atoms with van der Waals surface area (Å²) >= 11 is 5.66. The summed E-state index contributed by atoms with van der Waals surface area (Å²) in [6, 6.07) is 8.43. The lowest BCUT2D eigenvalue weighted by Gasteiger charge is -2.37. The number of urea groups is 1. The van der Waals surface area contributed by atoms with Crippen molar-refractivity contribution in [3.05, 3.63) is 53.9 Å². The van der Waals surface area contributed by atoms with Crippen LogP contribution in [-0.2, 0) is 9.53 Å². The Kier molecular flexibility index (Phi) is 8.32. The van der Waals surface area contributed by atoms with Gasteiger partial charge in [0, 0.05) is 49.4 Å². The molecule has 2 aromatic carbocycles. The number of ether oxygens (including phenoxy) is 1. The summed E-state index contributed by atoms with van der Waals surface area (Å²) in [5.74, 6) is -1.11. The fourth-order valence-corrected chi connectivity index (χ4v) is 5.86. The Labute approximate surface area is 230 Å². The monoisotopic (exact) mass is 559 g/mol. The van der Waals surface area contributed by atoms with Crippen molar-refractivity contribution in [2.45, 2.75) is 63.1 Å². The molecule has 0 bridgehead atoms. The van der Waals surface area contributed by atoms with E-state index in [1.807, 2.05) is 18.2 Å². The zero-order valence-corrected chi connectivity index (χ0v) is 22.5. The number of nitrogens with zero attached hydrogens (tertiary/aromatic N) is 3. The van der Waals surface area contributed by atoms with Crippen LogP contribution < -0.4 is 15.5 Å². The average molecular weight is 560 g/mol. The average Bonchev–Trinajstić information content (AvgIpc) is 3.32. The van der Waals surface area contributed by atoms with Gasteiger partial charge < -0.3 is 24.8 Å². The third-order valence-corrected chi connectivity index (χ3v) is 7.81. The van der Waals surface area contributed by atoms with Crippen LogP contribution in [0.1, 0.15) is 62.9 Å². The molecule has 39 heavy (non-hydrogen) atoms. The van der Waals surface area contributed by atoms with Crippen LogP contribution in [-0.4, -0.2) is 47.1 Å². The molecular weight excluding hydrogens is 528 g/mol. The lowest BCUT2D eigenvalue weighted by molar-refractivity contribution is -0.120. The Hall–Kier alpha value is -3.24. The standard InChI is InChI=1S/C28H32ClF2N5O3/c1-39-20-9-6-18(7-10-20)36-24-12-5-17(33-28(38)32-14-13-29)15-23(24)34-27(36)25-3-2-4-26(37)35(25)19-8-11-21(30)22(31)16-19/h5,8,11-12,15-16,18,20,25H,2-4,6-7,9-10,13-14H2,1H3,(H2,32,33,38)/t18-,20-,25-/m0/s1. The van der Waals surface area contributed by atoms with Gasteiger partial charge in [-0.2, -0.15) is 0 Å². The number of carbonyl (C=O) groups is 2. The number of carbonyl (C=O) groups excluding carboxylic acids is 2. The molecule has 1 aliphatic heterocycles. The van der Waals surface area contributed by atoms with Gasteiger partial charge in [-0.25, -0.2) is 18.6 Å². The van der Waals surface area contributed by atoms with Crippen LogP contribution in [0.2, 0.25) is 0 Å². The first-order chi connectivity index (χ1) is 18.9. The lowest BCUT2D eigenvalue weighted by Crippen LogP contribution is -2.40. The number of imidazole rings is 1. The molecule has 5 rings (SSSR count). The number of fused-ring (bicyclic) bond motifs is 1. The van der Waals surface area contributed by atoms with Crippen molar-refractivity contribution in [1.82, 2.24) is 14.9 Å². The number of hydrogen-bond donors (Lipinski definition) is 2. The lowest BCUT2D eigenvalue weighted by atomic mass is 9.92. The number of benzene rings is 2. The van der Waals surface area contributed by atoms with Gasteiger partial charge in [-0.05, 0) is 68.9 Å². The van der Waals surface area contributed by atoms with Crippen molar-refractivity contribution in [3.8, 4) is 0 Å². The molecule has 0 spiro atoms. The van der Waals surface area contributed by atoms with E-state index in [1.54, 1.807) is 12.0 Å². The molecule has 1 atom stereocenters. The molecule has 1 saturated heterocycles. The quantitative estimate of drug-likeness (QED) is 0.344. The van der Waals surface area contributed by atoms with Gasteiger partial charge in [-0.3, -0.25) is 4.79 Å². The van der Waals surface area contributed by atoms with Crippen molar-refractivity contribution in [1.29, 1.82) is 0 Å². The van der Waals surface area contributed by atoms with Crippen molar-refractivity contribution < 1.29 is 23.1 Å². The summed E-state index contributed by atoms with van der Waals surface area (Å²) in [4.78, 5) is 32.0. The molecular formula is C28H32ClF2N5O3. The molecule has 208 valence electrons. The maximum atomic E-state index is 14.2. The number of halogens is 3. The fraction of sp³-hybridized carbons (Fsp3) is 0.464. The summed E-state index contributed by atoms with van der Waals surface area (Å²) in [5, 5.41) is 5.48. The highest BCUT2D eigenvalue weighted by Gasteiger charge is 2.36. The van der Waals surface area contributed by atoms with E-state index in [0.29, 0.717) is 54.4 Å². The Morgan fingerprint density at radius 3 is 2.62 bits per heavy atom. The van der Waals surface area contributed by atoms with E-state index in [4.69, 9.17) is 21.3 Å². The number of hydrogen-bond acceptors (Lipinski definition) is 4. The molecule has 3 aromatic rings. The van der Waals surface area contributed by atoms with Crippen LogP contribution in [0.25, 0.3) is 11.0 Å². The van der Waals surface area contributed by atoms with Crippen LogP contribution in [0.3, 0.4) is 0 Å². The number of amides is 3. The molecule has 0 unspecified atom stereocenters. The number of alkyl halides is 1. The van der Waals surface area contributed by atoms with E-state index in [-0.39, 0.29) is 24.1 Å². The van der Waals surface area contributed by atoms with Crippen molar-refractivity contribution in [2.24, 2.45) is 0 Å². The second-order valence-electron chi connectivity index (χ2n) is 10.0. The third kappa shape index (κ3) is 5.72. The van der Waals surface area contributed by atoms with Gasteiger partial charge in [-0.1, -0.05) is 0 Å². The largest absolute Gasteiger partial charge is 0.381 e. The van der Waals surface area contributed by atoms with Crippen LogP contribution in [0, 0.1) is 11.6 Å². The first-order valence-electron chi connectivity index (χ1n) is 13.3. The van der Waals surface area contributed by atoms with Crippen molar-refractivity contribution >= 4 is 45.9 Å². The van der Waals surface area contributed by atoms with Gasteiger partial charge in [0.25, 0.3) is 0 Å². The highest BCUT2D eigenvalue weighted by atomic mass is 35.5. The SMILES string of the molecule is CO[C@H]1CC[C@H](n2c([C@@H]3CCCC(=O)N3c3ccc(F)c(F)c3)nc3cc(NC(=O)NCCCl)ccc32)CC1. The maximum absolute atomic E-state index is 14.2. The summed E-state index contributed by atoms with van der Waals surface area (Å²) in [7, 11) is 1.73. The van der Waals surface area contributed by atoms with E-state index in [9.17, 15) is 18.4 Å². The van der Waals surface area contributed by atoms with Crippen molar-refractivity contribution in [2.75, 3.05) is 29.8 Å². The molecule has 1 aliphatic carbocycles. The topological polar surface area (TPSA) is 88.5 Å². The predicted molar refractivity (Wildman–Crippen MR) is 146 cm³/mol. The first kappa shape index (κ1) is 27.3. The minimum atomic E-state index is -1.00. The molecule has 1 saturated carbocycles. The number of methoxy groups -OCH3 is 1. The number of anilines is 2. The molecule has 8 nitrogen and oxygen atoms in total. The third-order valence-electron chi connectivity index (χ3n) is 7.62. The molecule has 11 heteroatoms. The van der Waals surface area contributed by atoms with Crippen LogP contribution in [0.5, 0.6) is 0 Å². The molecule has 2 fully saturated rings. The van der Waals surface area contributed by atoms with Gasteiger partial charge in [0.05, 0.1) is 23.2 Å². The normalized spacial score (nSPS) is 21.8. The van der Waals surface area contributed by atoms with Gasteiger partial charge in [-0.15, -0.1) is 11.6 Å². The highest BCUT2D eigenvalue weighted by molar-refractivity contribution is 6.18. The second-order valence-corrected chi connectivity index (χ2v) is 10.4. The first-order valence-corrected chi connectivity index (χ1v) is 13.9. The zero-order valence-electron chi connectivity index (χ0n) is 21.8. The summed E-state index contributed by atoms with van der Waals surface area (Å²) in [6.45, 7) is 0.341. The predicted octanol–water partition coefficient (Wildman–Crippen LogP) is 6.06. The zero-order chi connectivity index (χ0) is 27.5. The summed E-state index contributed by atoms with van der Waals surface area (Å²) in [6.07, 6.45) is 5.38. The Balaban J connectivity index is 1.57. The highest BCUT2D eigenvalue weighted by Crippen LogP contribution is 2.41. The molecule has 0 radical (unpaired) electrons. The smallest absolute Gasteiger partial charge is 0.319 e. The maximum Gasteiger partial charge on any atom is 0.319 e. The molecule has 2 N–H and O–H groups in total. The minimum Gasteiger partial charge on any atom is -0.381 e. The van der Waals surface area contributed by atoms with Gasteiger partial charge in [0.2, 0.25) is 5.91 Å². The van der Waals surface area contributed by atoms with E-state index in [0.717, 1.165) is 43.3 Å². The van der Waals surface area contributed by atoms with Gasteiger partial charge in [0.1, 0.15) is 5.82 Å². The van der Waals surface area contributed by atoms with Crippen LogP contribution in [0.4, 0.5) is 25.0 Å². The molecule has 3 amide bonds. The Bertz CT molecular complexity index is 1360. The molecule has 2 aliphatic rings. The minimum absolute atomic E-state index is 0.131. The molecule has 2 heterocycles. The van der Waals surface area contributed by atoms with E-state index >= 15 is 0 Å². The summed E-state index contributed by atoms with van der Waals surface area (Å²) in [5.41, 5.74) is 2.45. The number of aromatic nitrogens is 2.